The monoisotopic (exact) mass is 532 g/mol. The second-order valence-corrected chi connectivity index (χ2v) is 8.58. The van der Waals surface area contributed by atoms with E-state index in [0.717, 1.165) is 27.7 Å². The Hall–Kier alpha value is -4.26. The number of phenolic OH excluding ortho intramolecular Hbond substituents is 1. The van der Waals surface area contributed by atoms with Crippen molar-refractivity contribution in [3.8, 4) is 5.75 Å². The van der Waals surface area contributed by atoms with Gasteiger partial charge in [-0.15, -0.1) is 0 Å². The van der Waals surface area contributed by atoms with E-state index < -0.39 is 72.8 Å². The Morgan fingerprint density at radius 3 is 2.05 bits per heavy atom. The number of amides is 1. The van der Waals surface area contributed by atoms with Crippen LogP contribution in [0.25, 0.3) is 10.9 Å². The Bertz CT molecular complexity index is 1260. The molecular formula is C25H28N2O11. The topological polar surface area (TPSA) is 177 Å². The summed E-state index contributed by atoms with van der Waals surface area (Å²) in [4.78, 5) is 64.7. The van der Waals surface area contributed by atoms with Gasteiger partial charge < -0.3 is 34.1 Å². The Morgan fingerprint density at radius 1 is 0.868 bits per heavy atom. The zero-order valence-corrected chi connectivity index (χ0v) is 21.4. The Morgan fingerprint density at radius 2 is 1.45 bits per heavy atom. The predicted octanol–water partition coefficient (Wildman–Crippen LogP) is 1.06. The van der Waals surface area contributed by atoms with Crippen molar-refractivity contribution in [2.24, 2.45) is 0 Å². The van der Waals surface area contributed by atoms with Crippen LogP contribution in [0.4, 0.5) is 0 Å². The summed E-state index contributed by atoms with van der Waals surface area (Å²) >= 11 is 0. The second-order valence-electron chi connectivity index (χ2n) is 8.58. The molecule has 2 N–H and O–H groups in total. The van der Waals surface area contributed by atoms with Gasteiger partial charge in [0.1, 0.15) is 18.2 Å². The molecule has 1 amide bonds. The number of aromatic hydroxyl groups is 1. The van der Waals surface area contributed by atoms with E-state index >= 15 is 0 Å². The van der Waals surface area contributed by atoms with Gasteiger partial charge in [0.05, 0.1) is 5.56 Å². The molecule has 0 radical (unpaired) electrons. The number of aryl methyl sites for hydroxylation is 1. The van der Waals surface area contributed by atoms with Gasteiger partial charge in [-0.2, -0.15) is 0 Å². The summed E-state index contributed by atoms with van der Waals surface area (Å²) in [6, 6.07) is 6.44. The van der Waals surface area contributed by atoms with Crippen LogP contribution in [0.15, 0.2) is 24.3 Å². The molecule has 1 aliphatic heterocycles. The minimum atomic E-state index is -1.48. The Balaban J connectivity index is 2.01. The molecule has 2 heterocycles. The molecule has 5 atom stereocenters. The third-order valence-corrected chi connectivity index (χ3v) is 5.48. The van der Waals surface area contributed by atoms with Crippen LogP contribution >= 0.6 is 0 Å². The summed E-state index contributed by atoms with van der Waals surface area (Å²) in [5, 5.41) is 13.9. The number of carbonyl (C=O) groups is 5. The number of fused-ring (bicyclic) bond motifs is 1. The summed E-state index contributed by atoms with van der Waals surface area (Å²) in [6.45, 7) is 5.69. The van der Waals surface area contributed by atoms with Crippen molar-refractivity contribution < 1.29 is 52.8 Å². The van der Waals surface area contributed by atoms with Crippen LogP contribution in [0, 0.1) is 6.92 Å². The molecule has 1 aromatic carbocycles. The Kier molecular flexibility index (Phi) is 8.84. The zero-order chi connectivity index (χ0) is 28.1. The number of carbonyl (C=O) groups excluding carboxylic acids is 5. The van der Waals surface area contributed by atoms with E-state index in [-0.39, 0.29) is 11.1 Å². The molecule has 1 aliphatic rings. The standard InChI is InChI=1S/C25H28N2O11/c1-11-6-7-16-8-9-17(20(32)19(16)26-11)24(33)27-25-23(37-15(5)31)22(36-14(4)30)21(35-13(3)29)18(38-25)10-34-12(2)28/h6-9,18,21-23,25,32H,10H2,1-5H3,(H,27,33)/t18-,21-,22+,23-,25-/m1/s1. The lowest BCUT2D eigenvalue weighted by Gasteiger charge is -2.44. The molecule has 0 saturated carbocycles. The van der Waals surface area contributed by atoms with E-state index in [4.69, 9.17) is 23.7 Å². The van der Waals surface area contributed by atoms with Crippen molar-refractivity contribution in [2.75, 3.05) is 6.61 Å². The summed E-state index contributed by atoms with van der Waals surface area (Å²) in [7, 11) is 0. The van der Waals surface area contributed by atoms with Gasteiger partial charge in [-0.05, 0) is 19.1 Å². The number of nitrogens with zero attached hydrogens (tertiary/aromatic N) is 1. The molecular weight excluding hydrogens is 504 g/mol. The van der Waals surface area contributed by atoms with Crippen molar-refractivity contribution in [2.45, 2.75) is 65.3 Å². The number of ether oxygens (including phenoxy) is 5. The lowest BCUT2D eigenvalue weighted by atomic mass is 9.97. The number of esters is 4. The van der Waals surface area contributed by atoms with Crippen molar-refractivity contribution in [1.82, 2.24) is 10.3 Å². The Labute approximate surface area is 217 Å². The maximum atomic E-state index is 13.3. The number of aromatic nitrogens is 1. The molecule has 0 spiro atoms. The number of pyridine rings is 1. The average molecular weight is 533 g/mol. The van der Waals surface area contributed by atoms with Gasteiger partial charge in [0.2, 0.25) is 0 Å². The molecule has 38 heavy (non-hydrogen) atoms. The summed E-state index contributed by atoms with van der Waals surface area (Å²) < 4.78 is 26.8. The van der Waals surface area contributed by atoms with Crippen LogP contribution in [0.5, 0.6) is 5.75 Å². The van der Waals surface area contributed by atoms with Gasteiger partial charge in [0.25, 0.3) is 5.91 Å². The third kappa shape index (κ3) is 6.73. The predicted molar refractivity (Wildman–Crippen MR) is 128 cm³/mol. The zero-order valence-electron chi connectivity index (χ0n) is 21.4. The largest absolute Gasteiger partial charge is 0.505 e. The number of nitrogens with one attached hydrogen (secondary N) is 1. The van der Waals surface area contributed by atoms with Crippen LogP contribution in [0.1, 0.15) is 43.7 Å². The molecule has 204 valence electrons. The van der Waals surface area contributed by atoms with Crippen molar-refractivity contribution in [3.63, 3.8) is 0 Å². The van der Waals surface area contributed by atoms with E-state index in [1.807, 2.05) is 0 Å². The van der Waals surface area contributed by atoms with E-state index in [1.165, 1.54) is 6.07 Å². The van der Waals surface area contributed by atoms with Crippen molar-refractivity contribution in [1.29, 1.82) is 0 Å². The first-order chi connectivity index (χ1) is 17.9. The van der Waals surface area contributed by atoms with Crippen LogP contribution in [0.2, 0.25) is 0 Å². The van der Waals surface area contributed by atoms with E-state index in [9.17, 15) is 29.1 Å². The highest BCUT2D eigenvalue weighted by Crippen LogP contribution is 2.31. The maximum absolute atomic E-state index is 13.3. The molecule has 1 saturated heterocycles. The molecule has 13 nitrogen and oxygen atoms in total. The number of hydrogen-bond acceptors (Lipinski definition) is 12. The van der Waals surface area contributed by atoms with Gasteiger partial charge in [-0.3, -0.25) is 24.0 Å². The number of benzene rings is 1. The molecule has 3 rings (SSSR count). The van der Waals surface area contributed by atoms with Crippen LogP contribution in [-0.2, 0) is 42.9 Å². The van der Waals surface area contributed by atoms with Crippen LogP contribution < -0.4 is 5.32 Å². The van der Waals surface area contributed by atoms with E-state index in [1.54, 1.807) is 25.1 Å². The number of hydrogen-bond donors (Lipinski definition) is 2. The van der Waals surface area contributed by atoms with Crippen molar-refractivity contribution in [3.05, 3.63) is 35.5 Å². The molecule has 13 heteroatoms. The molecule has 1 aromatic heterocycles. The quantitative estimate of drug-likeness (QED) is 0.383. The SMILES string of the molecule is CC(=O)OC[C@H]1O[C@@H](NC(=O)c2ccc3ccc(C)nc3c2O)[C@H](OC(C)=O)[C@@H](OC(C)=O)[C@@H]1OC(C)=O. The first-order valence-corrected chi connectivity index (χ1v) is 11.6. The summed E-state index contributed by atoms with van der Waals surface area (Å²) in [6.07, 6.45) is -7.02. The van der Waals surface area contributed by atoms with Crippen LogP contribution in [-0.4, -0.2) is 77.1 Å². The highest BCUT2D eigenvalue weighted by Gasteiger charge is 2.52. The maximum Gasteiger partial charge on any atom is 0.303 e. The molecule has 0 bridgehead atoms. The summed E-state index contributed by atoms with van der Waals surface area (Å²) in [5.41, 5.74) is 0.646. The molecule has 0 aliphatic carbocycles. The van der Waals surface area contributed by atoms with Crippen LogP contribution in [0.3, 0.4) is 0 Å². The number of rotatable bonds is 7. The van der Waals surface area contributed by atoms with Gasteiger partial charge in [-0.25, -0.2) is 4.98 Å². The fourth-order valence-electron chi connectivity index (χ4n) is 4.01. The minimum absolute atomic E-state index is 0.163. The highest BCUT2D eigenvalue weighted by molar-refractivity contribution is 6.02. The molecule has 0 unspecified atom stereocenters. The molecule has 2 aromatic rings. The van der Waals surface area contributed by atoms with Gasteiger partial charge >= 0.3 is 23.9 Å². The summed E-state index contributed by atoms with van der Waals surface area (Å²) in [5.74, 6) is -4.32. The second kappa shape index (κ2) is 11.9. The van der Waals surface area contributed by atoms with Gasteiger partial charge in [0, 0.05) is 38.8 Å². The van der Waals surface area contributed by atoms with Crippen molar-refractivity contribution >= 4 is 40.7 Å². The first-order valence-electron chi connectivity index (χ1n) is 11.6. The molecule has 1 fully saturated rings. The lowest BCUT2D eigenvalue weighted by molar-refractivity contribution is -0.255. The minimum Gasteiger partial charge on any atom is -0.505 e. The fourth-order valence-corrected chi connectivity index (χ4v) is 4.01. The normalized spacial score (nSPS) is 22.7. The fraction of sp³-hybridized carbons (Fsp3) is 0.440. The van der Waals surface area contributed by atoms with Gasteiger partial charge in [0.15, 0.2) is 30.3 Å². The van der Waals surface area contributed by atoms with Gasteiger partial charge in [-0.1, -0.05) is 12.1 Å². The van der Waals surface area contributed by atoms with E-state index in [2.05, 4.69) is 10.3 Å². The lowest BCUT2D eigenvalue weighted by Crippen LogP contribution is -2.66. The van der Waals surface area contributed by atoms with E-state index in [0.29, 0.717) is 11.1 Å². The highest BCUT2D eigenvalue weighted by atomic mass is 16.7. The first kappa shape index (κ1) is 28.3. The third-order valence-electron chi connectivity index (χ3n) is 5.48. The smallest absolute Gasteiger partial charge is 0.303 e. The average Bonchev–Trinajstić information content (AvgIpc) is 2.81. The number of phenols is 1.